The van der Waals surface area contributed by atoms with Gasteiger partial charge in [0.25, 0.3) is 0 Å². The highest BCUT2D eigenvalue weighted by atomic mass is 35.5. The lowest BCUT2D eigenvalue weighted by molar-refractivity contribution is 0.247. The van der Waals surface area contributed by atoms with Crippen molar-refractivity contribution in [1.29, 1.82) is 0 Å². The van der Waals surface area contributed by atoms with E-state index < -0.39 is 0 Å². The van der Waals surface area contributed by atoms with E-state index in [-0.39, 0.29) is 0 Å². The molecule has 2 unspecified atom stereocenters. The number of hydrogen-bond acceptors (Lipinski definition) is 1. The summed E-state index contributed by atoms with van der Waals surface area (Å²) in [4.78, 5) is 0. The largest absolute Gasteiger partial charge is 0.312 e. The van der Waals surface area contributed by atoms with E-state index in [4.69, 9.17) is 34.8 Å². The van der Waals surface area contributed by atoms with Crippen LogP contribution in [0.4, 0.5) is 0 Å². The highest BCUT2D eigenvalue weighted by molar-refractivity contribution is 6.44. The molecule has 1 aliphatic carbocycles. The number of halogens is 3. The summed E-state index contributed by atoms with van der Waals surface area (Å²) in [7, 11) is 0. The zero-order valence-electron chi connectivity index (χ0n) is 11.2. The SMILES string of the molecule is CC1CCCCC1CNCc1c(Cl)ccc(Cl)c1Cl. The van der Waals surface area contributed by atoms with Gasteiger partial charge >= 0.3 is 0 Å². The summed E-state index contributed by atoms with van der Waals surface area (Å²) in [6.07, 6.45) is 5.41. The Morgan fingerprint density at radius 2 is 1.79 bits per heavy atom. The molecule has 0 heterocycles. The molecule has 0 saturated heterocycles. The number of benzene rings is 1. The molecule has 1 saturated carbocycles. The Bertz CT molecular complexity index is 434. The fraction of sp³-hybridized carbons (Fsp3) is 0.600. The van der Waals surface area contributed by atoms with Crippen molar-refractivity contribution in [3.8, 4) is 0 Å². The van der Waals surface area contributed by atoms with Crippen molar-refractivity contribution in [2.75, 3.05) is 6.54 Å². The van der Waals surface area contributed by atoms with Crippen molar-refractivity contribution in [1.82, 2.24) is 5.32 Å². The van der Waals surface area contributed by atoms with Crippen molar-refractivity contribution >= 4 is 34.8 Å². The summed E-state index contributed by atoms with van der Waals surface area (Å²) in [6.45, 7) is 4.06. The van der Waals surface area contributed by atoms with Gasteiger partial charge in [0.1, 0.15) is 0 Å². The van der Waals surface area contributed by atoms with Crippen LogP contribution in [-0.2, 0) is 6.54 Å². The van der Waals surface area contributed by atoms with Crippen LogP contribution in [-0.4, -0.2) is 6.54 Å². The minimum Gasteiger partial charge on any atom is -0.312 e. The molecule has 0 spiro atoms. The molecule has 1 aliphatic rings. The summed E-state index contributed by atoms with van der Waals surface area (Å²) in [6, 6.07) is 3.54. The van der Waals surface area contributed by atoms with Gasteiger partial charge in [0.15, 0.2) is 0 Å². The van der Waals surface area contributed by atoms with Crippen molar-refractivity contribution in [3.63, 3.8) is 0 Å². The van der Waals surface area contributed by atoms with Gasteiger partial charge in [-0.05, 0) is 36.9 Å². The van der Waals surface area contributed by atoms with Crippen LogP contribution >= 0.6 is 34.8 Å². The van der Waals surface area contributed by atoms with E-state index in [0.717, 1.165) is 23.9 Å². The zero-order valence-corrected chi connectivity index (χ0v) is 13.5. The van der Waals surface area contributed by atoms with Crippen molar-refractivity contribution in [2.45, 2.75) is 39.2 Å². The first-order valence-corrected chi connectivity index (χ1v) is 8.06. The monoisotopic (exact) mass is 319 g/mol. The highest BCUT2D eigenvalue weighted by Crippen LogP contribution is 2.32. The first kappa shape index (κ1) is 15.4. The Balaban J connectivity index is 1.90. The van der Waals surface area contributed by atoms with E-state index in [2.05, 4.69) is 12.2 Å². The third kappa shape index (κ3) is 4.01. The van der Waals surface area contributed by atoms with Gasteiger partial charge < -0.3 is 5.32 Å². The van der Waals surface area contributed by atoms with Crippen LogP contribution in [0.25, 0.3) is 0 Å². The van der Waals surface area contributed by atoms with E-state index in [9.17, 15) is 0 Å². The lowest BCUT2D eigenvalue weighted by Gasteiger charge is -2.29. The minimum atomic E-state index is 0.564. The summed E-state index contributed by atoms with van der Waals surface area (Å²) >= 11 is 18.4. The standard InChI is InChI=1S/C15H20Cl3N/c1-10-4-2-3-5-11(10)8-19-9-12-13(16)6-7-14(17)15(12)18/h6-7,10-11,19H,2-5,8-9H2,1H3. The second kappa shape index (κ2) is 7.17. The first-order chi connectivity index (χ1) is 9.09. The van der Waals surface area contributed by atoms with E-state index in [1.54, 1.807) is 12.1 Å². The van der Waals surface area contributed by atoms with Gasteiger partial charge in [-0.15, -0.1) is 0 Å². The zero-order chi connectivity index (χ0) is 13.8. The fourth-order valence-corrected chi connectivity index (χ4v) is 3.49. The van der Waals surface area contributed by atoms with Crippen molar-refractivity contribution in [2.24, 2.45) is 11.8 Å². The molecule has 0 aliphatic heterocycles. The number of hydrogen-bond donors (Lipinski definition) is 1. The molecule has 0 radical (unpaired) electrons. The second-order valence-electron chi connectivity index (χ2n) is 5.47. The third-order valence-electron chi connectivity index (χ3n) is 4.14. The van der Waals surface area contributed by atoms with Crippen molar-refractivity contribution in [3.05, 3.63) is 32.8 Å². The van der Waals surface area contributed by atoms with Crippen LogP contribution in [0.2, 0.25) is 15.1 Å². The Hall–Kier alpha value is 0.0500. The highest BCUT2D eigenvalue weighted by Gasteiger charge is 2.20. The number of nitrogens with one attached hydrogen (secondary N) is 1. The summed E-state index contributed by atoms with van der Waals surface area (Å²) in [5.74, 6) is 1.58. The Morgan fingerprint density at radius 1 is 1.11 bits per heavy atom. The maximum Gasteiger partial charge on any atom is 0.0652 e. The molecule has 1 N–H and O–H groups in total. The van der Waals surface area contributed by atoms with Gasteiger partial charge in [-0.2, -0.15) is 0 Å². The Labute approximate surface area is 130 Å². The Morgan fingerprint density at radius 3 is 2.53 bits per heavy atom. The molecular formula is C15H20Cl3N. The molecule has 2 rings (SSSR count). The van der Waals surface area contributed by atoms with E-state index in [1.807, 2.05) is 0 Å². The number of rotatable bonds is 4. The molecule has 0 bridgehead atoms. The molecule has 1 fully saturated rings. The predicted octanol–water partition coefficient (Wildman–Crippen LogP) is 5.56. The van der Waals surface area contributed by atoms with Gasteiger partial charge in [-0.1, -0.05) is 61.0 Å². The van der Waals surface area contributed by atoms with Crippen LogP contribution in [0.1, 0.15) is 38.2 Å². The molecule has 0 aromatic heterocycles. The van der Waals surface area contributed by atoms with Gasteiger partial charge in [-0.25, -0.2) is 0 Å². The minimum absolute atomic E-state index is 0.564. The molecule has 1 nitrogen and oxygen atoms in total. The fourth-order valence-electron chi connectivity index (χ4n) is 2.81. The average molecular weight is 321 g/mol. The summed E-state index contributed by atoms with van der Waals surface area (Å²) in [5, 5.41) is 5.29. The third-order valence-corrected chi connectivity index (χ3v) is 5.33. The average Bonchev–Trinajstić information content (AvgIpc) is 2.40. The van der Waals surface area contributed by atoms with Gasteiger partial charge in [0.2, 0.25) is 0 Å². The molecule has 0 amide bonds. The topological polar surface area (TPSA) is 12.0 Å². The van der Waals surface area contributed by atoms with Crippen LogP contribution in [0, 0.1) is 11.8 Å². The van der Waals surface area contributed by atoms with Crippen LogP contribution in [0.3, 0.4) is 0 Å². The molecule has 19 heavy (non-hydrogen) atoms. The predicted molar refractivity (Wildman–Crippen MR) is 84.3 cm³/mol. The van der Waals surface area contributed by atoms with E-state index in [0.29, 0.717) is 21.6 Å². The second-order valence-corrected chi connectivity index (χ2v) is 6.67. The maximum atomic E-state index is 6.19. The lowest BCUT2D eigenvalue weighted by atomic mass is 9.80. The van der Waals surface area contributed by atoms with Crippen LogP contribution in [0.15, 0.2) is 12.1 Å². The molecule has 4 heteroatoms. The molecule has 2 atom stereocenters. The first-order valence-electron chi connectivity index (χ1n) is 6.92. The van der Waals surface area contributed by atoms with E-state index >= 15 is 0 Å². The summed E-state index contributed by atoms with van der Waals surface area (Å²) < 4.78 is 0. The van der Waals surface area contributed by atoms with Gasteiger partial charge in [-0.3, -0.25) is 0 Å². The Kier molecular flexibility index (Phi) is 5.83. The molecule has 106 valence electrons. The van der Waals surface area contributed by atoms with Gasteiger partial charge in [0.05, 0.1) is 10.0 Å². The molecule has 1 aromatic rings. The molecular weight excluding hydrogens is 301 g/mol. The summed E-state index contributed by atoms with van der Waals surface area (Å²) in [5.41, 5.74) is 0.902. The smallest absolute Gasteiger partial charge is 0.0652 e. The van der Waals surface area contributed by atoms with Gasteiger partial charge in [0, 0.05) is 17.1 Å². The maximum absolute atomic E-state index is 6.19. The van der Waals surface area contributed by atoms with Crippen LogP contribution < -0.4 is 5.32 Å². The van der Waals surface area contributed by atoms with E-state index in [1.165, 1.54) is 25.7 Å². The quantitative estimate of drug-likeness (QED) is 0.716. The van der Waals surface area contributed by atoms with Crippen LogP contribution in [0.5, 0.6) is 0 Å². The lowest BCUT2D eigenvalue weighted by Crippen LogP contribution is -2.29. The molecule has 1 aromatic carbocycles. The van der Waals surface area contributed by atoms with Crippen molar-refractivity contribution < 1.29 is 0 Å². The normalized spacial score (nSPS) is 23.6.